The van der Waals surface area contributed by atoms with E-state index in [1.807, 2.05) is 39.9 Å². The van der Waals surface area contributed by atoms with Crippen LogP contribution in [0.1, 0.15) is 47.3 Å². The highest BCUT2D eigenvalue weighted by atomic mass is 16.3. The van der Waals surface area contributed by atoms with Crippen molar-refractivity contribution in [1.29, 1.82) is 0 Å². The zero-order valence-electron chi connectivity index (χ0n) is 14.2. The third kappa shape index (κ3) is 3.36. The topological polar surface area (TPSA) is 58.4 Å². The number of nitrogens with zero attached hydrogens (tertiary/aromatic N) is 3. The van der Waals surface area contributed by atoms with Gasteiger partial charge in [-0.2, -0.15) is 5.10 Å². The van der Waals surface area contributed by atoms with Crippen LogP contribution in [0.2, 0.25) is 0 Å². The Morgan fingerprint density at radius 1 is 1.25 bits per heavy atom. The van der Waals surface area contributed by atoms with Crippen LogP contribution in [-0.2, 0) is 13.0 Å². The Hall–Kier alpha value is -2.14. The lowest BCUT2D eigenvalue weighted by Crippen LogP contribution is -2.38. The number of carbonyl (C=O) groups is 1. The van der Waals surface area contributed by atoms with E-state index in [0.29, 0.717) is 12.5 Å². The number of aliphatic hydroxyl groups is 1. The number of aliphatic hydroxyl groups excluding tert-OH is 1. The average molecular weight is 327 g/mol. The molecule has 0 aliphatic carbocycles. The number of aryl methyl sites for hydroxylation is 1. The first-order chi connectivity index (χ1) is 11.7. The number of hydrogen-bond acceptors (Lipinski definition) is 3. The molecule has 1 aromatic heterocycles. The van der Waals surface area contributed by atoms with Gasteiger partial charge in [0.1, 0.15) is 0 Å². The van der Waals surface area contributed by atoms with Crippen molar-refractivity contribution in [3.05, 3.63) is 53.3 Å². The van der Waals surface area contributed by atoms with Gasteiger partial charge < -0.3 is 10.0 Å². The minimum absolute atomic E-state index is 0.0970. The van der Waals surface area contributed by atoms with E-state index in [1.165, 1.54) is 5.69 Å². The maximum atomic E-state index is 12.8. The van der Waals surface area contributed by atoms with E-state index in [2.05, 4.69) is 12.0 Å². The number of amides is 1. The second-order valence-corrected chi connectivity index (χ2v) is 6.28. The quantitative estimate of drug-likeness (QED) is 0.918. The second-order valence-electron chi connectivity index (χ2n) is 6.28. The Bertz CT molecular complexity index is 687. The van der Waals surface area contributed by atoms with Crippen LogP contribution in [0, 0.1) is 0 Å². The number of carbonyl (C=O) groups excluding carboxylic acids is 1. The molecule has 0 atom stereocenters. The Morgan fingerprint density at radius 3 is 2.71 bits per heavy atom. The smallest absolute Gasteiger partial charge is 0.254 e. The van der Waals surface area contributed by atoms with E-state index >= 15 is 0 Å². The Kier molecular flexibility index (Phi) is 5.30. The van der Waals surface area contributed by atoms with Crippen LogP contribution >= 0.6 is 0 Å². The summed E-state index contributed by atoms with van der Waals surface area (Å²) in [5, 5.41) is 13.4. The molecule has 2 heterocycles. The third-order valence-electron chi connectivity index (χ3n) is 4.89. The van der Waals surface area contributed by atoms with Crippen LogP contribution in [0.4, 0.5) is 0 Å². The van der Waals surface area contributed by atoms with Gasteiger partial charge in [-0.1, -0.05) is 25.1 Å². The summed E-state index contributed by atoms with van der Waals surface area (Å²) in [6.07, 6.45) is 4.55. The zero-order chi connectivity index (χ0) is 16.9. The second kappa shape index (κ2) is 7.62. The first-order valence-electron chi connectivity index (χ1n) is 8.74. The number of piperidine rings is 1. The summed E-state index contributed by atoms with van der Waals surface area (Å²) in [5.74, 6) is 0.555. The van der Waals surface area contributed by atoms with Crippen molar-refractivity contribution in [1.82, 2.24) is 14.7 Å². The molecule has 1 N–H and O–H groups in total. The fourth-order valence-electron chi connectivity index (χ4n) is 3.56. The van der Waals surface area contributed by atoms with Gasteiger partial charge in [0.2, 0.25) is 0 Å². The van der Waals surface area contributed by atoms with Crippen molar-refractivity contribution in [2.45, 2.75) is 38.6 Å². The lowest BCUT2D eigenvalue weighted by atomic mass is 9.92. The van der Waals surface area contributed by atoms with Gasteiger partial charge in [0.05, 0.1) is 13.2 Å². The first-order valence-corrected chi connectivity index (χ1v) is 8.74. The van der Waals surface area contributed by atoms with Gasteiger partial charge in [0, 0.05) is 36.5 Å². The molecule has 0 unspecified atom stereocenters. The van der Waals surface area contributed by atoms with Crippen molar-refractivity contribution >= 4 is 5.91 Å². The standard InChI is InChI=1S/C19H25N3O2/c1-2-15-5-3-4-6-17(15)19(24)21-11-8-16(9-12-21)18-7-10-20-22(18)13-14-23/h3-7,10,16,23H,2,8-9,11-14H2,1H3. The molecular formula is C19H25N3O2. The summed E-state index contributed by atoms with van der Waals surface area (Å²) >= 11 is 0. The predicted octanol–water partition coefficient (Wildman–Crippen LogP) is 2.46. The maximum absolute atomic E-state index is 12.8. The number of benzene rings is 1. The lowest BCUT2D eigenvalue weighted by Gasteiger charge is -2.32. The van der Waals surface area contributed by atoms with Gasteiger partial charge in [-0.25, -0.2) is 0 Å². The first kappa shape index (κ1) is 16.7. The largest absolute Gasteiger partial charge is 0.394 e. The average Bonchev–Trinajstić information content (AvgIpc) is 3.10. The lowest BCUT2D eigenvalue weighted by molar-refractivity contribution is 0.0710. The van der Waals surface area contributed by atoms with Gasteiger partial charge in [0.25, 0.3) is 5.91 Å². The number of hydrogen-bond donors (Lipinski definition) is 1. The summed E-state index contributed by atoms with van der Waals surface area (Å²) in [6, 6.07) is 9.93. The third-order valence-corrected chi connectivity index (χ3v) is 4.89. The van der Waals surface area contributed by atoms with E-state index in [9.17, 15) is 4.79 Å². The molecule has 3 rings (SSSR count). The maximum Gasteiger partial charge on any atom is 0.254 e. The van der Waals surface area contributed by atoms with Crippen LogP contribution in [0.5, 0.6) is 0 Å². The van der Waals surface area contributed by atoms with E-state index in [-0.39, 0.29) is 12.5 Å². The van der Waals surface area contributed by atoms with Crippen molar-refractivity contribution in [3.63, 3.8) is 0 Å². The fourth-order valence-corrected chi connectivity index (χ4v) is 3.56. The van der Waals surface area contributed by atoms with Gasteiger partial charge >= 0.3 is 0 Å². The predicted molar refractivity (Wildman–Crippen MR) is 93.0 cm³/mol. The monoisotopic (exact) mass is 327 g/mol. The highest BCUT2D eigenvalue weighted by molar-refractivity contribution is 5.95. The summed E-state index contributed by atoms with van der Waals surface area (Å²) in [7, 11) is 0. The molecular weight excluding hydrogens is 302 g/mol. The van der Waals surface area contributed by atoms with E-state index < -0.39 is 0 Å². The molecule has 1 amide bonds. The van der Waals surface area contributed by atoms with Gasteiger partial charge in [-0.05, 0) is 37.0 Å². The normalized spacial score (nSPS) is 15.7. The molecule has 1 aliphatic rings. The van der Waals surface area contributed by atoms with Crippen molar-refractivity contribution in [2.75, 3.05) is 19.7 Å². The van der Waals surface area contributed by atoms with E-state index in [0.717, 1.165) is 43.5 Å². The minimum atomic E-state index is 0.0970. The molecule has 1 fully saturated rings. The molecule has 0 spiro atoms. The summed E-state index contributed by atoms with van der Waals surface area (Å²) < 4.78 is 1.88. The van der Waals surface area contributed by atoms with Gasteiger partial charge in [0.15, 0.2) is 0 Å². The Labute approximate surface area is 142 Å². The van der Waals surface area contributed by atoms with Crippen molar-refractivity contribution in [2.24, 2.45) is 0 Å². The Morgan fingerprint density at radius 2 is 2.00 bits per heavy atom. The summed E-state index contributed by atoms with van der Waals surface area (Å²) in [4.78, 5) is 14.8. The van der Waals surface area contributed by atoms with Crippen LogP contribution < -0.4 is 0 Å². The van der Waals surface area contributed by atoms with Crippen LogP contribution in [-0.4, -0.2) is 45.4 Å². The van der Waals surface area contributed by atoms with Gasteiger partial charge in [-0.3, -0.25) is 9.48 Å². The molecule has 0 bridgehead atoms. The zero-order valence-corrected chi connectivity index (χ0v) is 14.2. The molecule has 1 aromatic carbocycles. The summed E-state index contributed by atoms with van der Waals surface area (Å²) in [6.45, 7) is 4.25. The highest BCUT2D eigenvalue weighted by Crippen LogP contribution is 2.28. The molecule has 5 heteroatoms. The Balaban J connectivity index is 1.66. The van der Waals surface area contributed by atoms with Crippen molar-refractivity contribution in [3.8, 4) is 0 Å². The van der Waals surface area contributed by atoms with Crippen LogP contribution in [0.25, 0.3) is 0 Å². The molecule has 5 nitrogen and oxygen atoms in total. The molecule has 0 saturated carbocycles. The molecule has 1 saturated heterocycles. The molecule has 0 radical (unpaired) electrons. The van der Waals surface area contributed by atoms with Crippen LogP contribution in [0.3, 0.4) is 0 Å². The SMILES string of the molecule is CCc1ccccc1C(=O)N1CCC(c2ccnn2CCO)CC1. The molecule has 24 heavy (non-hydrogen) atoms. The fraction of sp³-hybridized carbons (Fsp3) is 0.474. The van der Waals surface area contributed by atoms with Crippen molar-refractivity contribution < 1.29 is 9.90 Å². The number of aromatic nitrogens is 2. The van der Waals surface area contributed by atoms with Gasteiger partial charge in [-0.15, -0.1) is 0 Å². The number of rotatable bonds is 5. The molecule has 2 aromatic rings. The van der Waals surface area contributed by atoms with E-state index in [1.54, 1.807) is 6.20 Å². The van der Waals surface area contributed by atoms with Crippen LogP contribution in [0.15, 0.2) is 36.5 Å². The van der Waals surface area contributed by atoms with E-state index in [4.69, 9.17) is 5.11 Å². The highest BCUT2D eigenvalue weighted by Gasteiger charge is 2.27. The number of likely N-dealkylation sites (tertiary alicyclic amines) is 1. The molecule has 1 aliphatic heterocycles. The molecule has 128 valence electrons. The minimum Gasteiger partial charge on any atom is -0.394 e. The summed E-state index contributed by atoms with van der Waals surface area (Å²) in [5.41, 5.74) is 3.12.